The molecular weight excluding hydrogens is 239 g/mol. The highest BCUT2D eigenvalue weighted by molar-refractivity contribution is 7.45. The normalized spacial score (nSPS) is 9.44. The van der Waals surface area contributed by atoms with Gasteiger partial charge in [0.15, 0.2) is 6.29 Å². The Balaban J connectivity index is -0.000000181. The molecule has 8 heteroatoms. The molecule has 0 radical (unpaired) electrons. The Kier molecular flexibility index (Phi) is 18.9. The summed E-state index contributed by atoms with van der Waals surface area (Å²) in [6, 6.07) is 0. The largest absolute Gasteiger partial charge is 0.466 e. The second kappa shape index (κ2) is 14.5. The van der Waals surface area contributed by atoms with Gasteiger partial charge in [-0.05, 0) is 27.4 Å². The first-order chi connectivity index (χ1) is 7.22. The van der Waals surface area contributed by atoms with E-state index in [4.69, 9.17) is 33.5 Å². The summed E-state index contributed by atoms with van der Waals surface area (Å²) < 4.78 is 19.0. The van der Waals surface area contributed by atoms with Crippen molar-refractivity contribution >= 4 is 13.8 Å². The summed E-state index contributed by atoms with van der Waals surface area (Å²) in [4.78, 5) is 30.1. The van der Waals surface area contributed by atoms with Crippen LogP contribution in [-0.2, 0) is 18.8 Å². The number of phosphoric acid groups is 1. The second-order valence-electron chi connectivity index (χ2n) is 2.14. The minimum atomic E-state index is -4.64. The Morgan fingerprint density at radius 2 is 1.44 bits per heavy atom. The van der Waals surface area contributed by atoms with Gasteiger partial charge >= 0.3 is 7.82 Å². The number of ether oxygens (including phenoxy) is 2. The molecule has 0 fully saturated rings. The topological polar surface area (TPSA) is 113 Å². The smallest absolute Gasteiger partial charge is 0.353 e. The van der Waals surface area contributed by atoms with E-state index in [0.29, 0.717) is 0 Å². The molecule has 0 aliphatic heterocycles. The lowest BCUT2D eigenvalue weighted by atomic mass is 10.7. The highest BCUT2D eigenvalue weighted by Gasteiger charge is 2.00. The zero-order valence-electron chi connectivity index (χ0n) is 9.62. The highest BCUT2D eigenvalue weighted by Crippen LogP contribution is 2.25. The molecule has 3 N–H and O–H groups in total. The van der Waals surface area contributed by atoms with Crippen molar-refractivity contribution in [2.45, 2.75) is 27.1 Å². The summed E-state index contributed by atoms with van der Waals surface area (Å²) >= 11 is 0. The van der Waals surface area contributed by atoms with Crippen molar-refractivity contribution in [3.05, 3.63) is 6.58 Å². The van der Waals surface area contributed by atoms with E-state index in [2.05, 4.69) is 6.58 Å². The molecule has 0 aliphatic carbocycles. The maximum absolute atomic E-state index is 8.88. The fourth-order valence-electron chi connectivity index (χ4n) is 0.518. The van der Waals surface area contributed by atoms with Gasteiger partial charge in [0.25, 0.3) is 0 Å². The molecule has 0 saturated carbocycles. The third kappa shape index (κ3) is 69.9. The van der Waals surface area contributed by atoms with Crippen molar-refractivity contribution in [1.82, 2.24) is 0 Å². The standard InChI is InChI=1S/C6H14O2.C2H2O.H3O4P/c1-4-7-6(3)8-5-2;1-2-3;1-5(2,3)4/h6H,4-5H2,1-3H3;1H2;(H3,1,2,3,4). The molecule has 0 aromatic rings. The number of rotatable bonds is 4. The zero-order chi connectivity index (χ0) is 13.6. The van der Waals surface area contributed by atoms with E-state index in [1.54, 1.807) is 0 Å². The van der Waals surface area contributed by atoms with Crippen LogP contribution >= 0.6 is 7.82 Å². The summed E-state index contributed by atoms with van der Waals surface area (Å²) in [5, 5.41) is 0. The summed E-state index contributed by atoms with van der Waals surface area (Å²) in [7, 11) is -4.64. The van der Waals surface area contributed by atoms with Gasteiger partial charge in [-0.15, -0.1) is 0 Å². The molecule has 0 heterocycles. The van der Waals surface area contributed by atoms with Gasteiger partial charge in [-0.3, -0.25) is 0 Å². The van der Waals surface area contributed by atoms with Gasteiger partial charge < -0.3 is 24.2 Å². The zero-order valence-corrected chi connectivity index (χ0v) is 10.5. The predicted molar refractivity (Wildman–Crippen MR) is 58.3 cm³/mol. The Morgan fingerprint density at radius 3 is 1.56 bits per heavy atom. The van der Waals surface area contributed by atoms with E-state index in [1.165, 1.54) is 5.94 Å². The van der Waals surface area contributed by atoms with Crippen LogP contribution in [0.15, 0.2) is 6.58 Å². The van der Waals surface area contributed by atoms with E-state index in [1.807, 2.05) is 20.8 Å². The van der Waals surface area contributed by atoms with Gasteiger partial charge in [-0.2, -0.15) is 0 Å². The van der Waals surface area contributed by atoms with E-state index >= 15 is 0 Å². The summed E-state index contributed by atoms with van der Waals surface area (Å²) in [5.74, 6) is 1.25. The molecule has 0 unspecified atom stereocenters. The van der Waals surface area contributed by atoms with Gasteiger partial charge in [0.05, 0.1) is 0 Å². The van der Waals surface area contributed by atoms with Gasteiger partial charge in [-0.25, -0.2) is 9.36 Å². The van der Waals surface area contributed by atoms with Crippen LogP contribution in [0.3, 0.4) is 0 Å². The lowest BCUT2D eigenvalue weighted by Crippen LogP contribution is -2.11. The van der Waals surface area contributed by atoms with Crippen LogP contribution in [0.4, 0.5) is 0 Å². The van der Waals surface area contributed by atoms with Gasteiger partial charge in [0, 0.05) is 13.2 Å². The summed E-state index contributed by atoms with van der Waals surface area (Å²) in [5.41, 5.74) is 0. The molecule has 0 bridgehead atoms. The Bertz CT molecular complexity index is 192. The van der Waals surface area contributed by atoms with Crippen LogP contribution in [0.25, 0.3) is 0 Å². The molecule has 98 valence electrons. The fourth-order valence-corrected chi connectivity index (χ4v) is 0.518. The number of hydrogen-bond donors (Lipinski definition) is 3. The van der Waals surface area contributed by atoms with Crippen LogP contribution in [0.5, 0.6) is 0 Å². The average Bonchev–Trinajstić information content (AvgIpc) is 2.03. The van der Waals surface area contributed by atoms with E-state index in [9.17, 15) is 0 Å². The molecule has 0 aromatic heterocycles. The lowest BCUT2D eigenvalue weighted by molar-refractivity contribution is -0.123. The number of carbonyl (C=O) groups excluding carboxylic acids is 1. The average molecular weight is 258 g/mol. The fraction of sp³-hybridized carbons (Fsp3) is 0.750. The monoisotopic (exact) mass is 258 g/mol. The molecule has 0 saturated heterocycles. The molecule has 0 aliphatic rings. The molecule has 0 atom stereocenters. The minimum Gasteiger partial charge on any atom is -0.353 e. The minimum absolute atomic E-state index is 0.0370. The van der Waals surface area contributed by atoms with Gasteiger partial charge in [-0.1, -0.05) is 0 Å². The van der Waals surface area contributed by atoms with Gasteiger partial charge in [0.2, 0.25) is 0 Å². The van der Waals surface area contributed by atoms with Crippen molar-refractivity contribution in [2.24, 2.45) is 0 Å². The van der Waals surface area contributed by atoms with Crippen LogP contribution in [0, 0.1) is 0 Å². The SMILES string of the molecule is C=C=O.CCOC(C)OCC.O=P(O)(O)O. The Hall–Kier alpha value is -0.520. The van der Waals surface area contributed by atoms with Crippen molar-refractivity contribution in [3.63, 3.8) is 0 Å². The van der Waals surface area contributed by atoms with Crippen LogP contribution in [0.1, 0.15) is 20.8 Å². The van der Waals surface area contributed by atoms with Crippen LogP contribution in [0.2, 0.25) is 0 Å². The van der Waals surface area contributed by atoms with Gasteiger partial charge in [0.1, 0.15) is 5.94 Å². The molecule has 0 spiro atoms. The quantitative estimate of drug-likeness (QED) is 0.382. The molecule has 0 amide bonds. The molecule has 16 heavy (non-hydrogen) atoms. The molecular formula is C8H19O7P. The van der Waals surface area contributed by atoms with E-state index < -0.39 is 7.82 Å². The first kappa shape index (κ1) is 20.8. The molecule has 0 aromatic carbocycles. The highest BCUT2D eigenvalue weighted by atomic mass is 31.2. The third-order valence-corrected chi connectivity index (χ3v) is 0.803. The number of hydrogen-bond acceptors (Lipinski definition) is 4. The van der Waals surface area contributed by atoms with Crippen molar-refractivity contribution in [1.29, 1.82) is 0 Å². The predicted octanol–water partition coefficient (Wildman–Crippen LogP) is 0.481. The van der Waals surface area contributed by atoms with Crippen LogP contribution < -0.4 is 0 Å². The Labute approximate surface area is 94.9 Å². The maximum atomic E-state index is 8.88. The molecule has 7 nitrogen and oxygen atoms in total. The van der Waals surface area contributed by atoms with E-state index in [0.717, 1.165) is 13.2 Å². The van der Waals surface area contributed by atoms with Crippen molar-refractivity contribution in [2.75, 3.05) is 13.2 Å². The first-order valence-electron chi connectivity index (χ1n) is 4.38. The van der Waals surface area contributed by atoms with Crippen molar-refractivity contribution < 1.29 is 33.5 Å². The second-order valence-corrected chi connectivity index (χ2v) is 3.16. The van der Waals surface area contributed by atoms with E-state index in [-0.39, 0.29) is 6.29 Å². The van der Waals surface area contributed by atoms with Crippen molar-refractivity contribution in [3.8, 4) is 0 Å². The molecule has 0 rings (SSSR count). The summed E-state index contributed by atoms with van der Waals surface area (Å²) in [6.45, 7) is 9.93. The van der Waals surface area contributed by atoms with Crippen LogP contribution in [-0.4, -0.2) is 40.1 Å². The first-order valence-corrected chi connectivity index (χ1v) is 5.95. The summed E-state index contributed by atoms with van der Waals surface area (Å²) in [6.07, 6.45) is -0.0370. The maximum Gasteiger partial charge on any atom is 0.466 e. The third-order valence-electron chi connectivity index (χ3n) is 0.803. The Morgan fingerprint density at radius 1 is 1.25 bits per heavy atom. The lowest BCUT2D eigenvalue weighted by Gasteiger charge is -2.09.